The average Bonchev–Trinajstić information content (AvgIpc) is 2.47. The molecule has 0 aromatic carbocycles. The van der Waals surface area contributed by atoms with Gasteiger partial charge in [0.1, 0.15) is 0 Å². The van der Waals surface area contributed by atoms with Crippen LogP contribution in [0.25, 0.3) is 0 Å². The van der Waals surface area contributed by atoms with E-state index in [1.807, 2.05) is 4.90 Å². The number of aliphatic hydroxyl groups is 1. The molecule has 2 heterocycles. The first-order chi connectivity index (χ1) is 8.59. The fourth-order valence-corrected chi connectivity index (χ4v) is 3.58. The zero-order chi connectivity index (χ0) is 14.4. The molecule has 2 nitrogen and oxygen atoms in total. The molecule has 0 saturated carbocycles. The molecule has 0 aliphatic carbocycles. The predicted octanol–water partition coefficient (Wildman–Crippen LogP) is 3.20. The van der Waals surface area contributed by atoms with Crippen molar-refractivity contribution in [1.29, 1.82) is 0 Å². The Hall–Kier alpha value is -0.290. The summed E-state index contributed by atoms with van der Waals surface area (Å²) in [6.45, 7) is 6.36. The Labute approximate surface area is 113 Å². The number of halogens is 3. The molecule has 2 rings (SSSR count). The molecule has 2 aliphatic heterocycles. The van der Waals surface area contributed by atoms with E-state index in [9.17, 15) is 18.3 Å². The smallest absolute Gasteiger partial charge is 0.382 e. The topological polar surface area (TPSA) is 23.5 Å². The Morgan fingerprint density at radius 3 is 1.95 bits per heavy atom. The van der Waals surface area contributed by atoms with Gasteiger partial charge in [0.2, 0.25) is 0 Å². The van der Waals surface area contributed by atoms with Gasteiger partial charge in [0, 0.05) is 18.6 Å². The molecule has 2 fully saturated rings. The van der Waals surface area contributed by atoms with Gasteiger partial charge in [-0.15, -0.1) is 0 Å². The van der Waals surface area contributed by atoms with Gasteiger partial charge in [-0.2, -0.15) is 13.2 Å². The summed E-state index contributed by atoms with van der Waals surface area (Å²) in [6, 6.07) is 0.444. The molecule has 2 aliphatic rings. The number of fused-ring (bicyclic) bond motifs is 2. The minimum absolute atomic E-state index is 0.218. The van der Waals surface area contributed by atoms with Crippen LogP contribution < -0.4 is 0 Å². The second kappa shape index (κ2) is 4.92. The van der Waals surface area contributed by atoms with Crippen LogP contribution in [-0.2, 0) is 0 Å². The third-order valence-electron chi connectivity index (χ3n) is 4.87. The van der Waals surface area contributed by atoms with Crippen molar-refractivity contribution in [2.75, 3.05) is 6.54 Å². The van der Waals surface area contributed by atoms with Crippen molar-refractivity contribution in [3.63, 3.8) is 0 Å². The maximum atomic E-state index is 12.5. The largest absolute Gasteiger partial charge is 0.415 e. The van der Waals surface area contributed by atoms with Crippen molar-refractivity contribution in [2.45, 2.75) is 70.8 Å². The van der Waals surface area contributed by atoms with Crippen molar-refractivity contribution in [1.82, 2.24) is 4.90 Å². The molecular formula is C14H24F3NO. The highest BCUT2D eigenvalue weighted by atomic mass is 19.4. The number of hydrogen-bond donors (Lipinski definition) is 1. The number of rotatable bonds is 2. The molecule has 0 aromatic heterocycles. The van der Waals surface area contributed by atoms with Gasteiger partial charge in [0.25, 0.3) is 0 Å². The number of piperidine rings is 1. The Kier molecular flexibility index (Phi) is 3.91. The lowest BCUT2D eigenvalue weighted by molar-refractivity contribution is -0.211. The number of hydrogen-bond acceptors (Lipinski definition) is 2. The highest BCUT2D eigenvalue weighted by Crippen LogP contribution is 2.45. The van der Waals surface area contributed by atoms with E-state index in [4.69, 9.17) is 0 Å². The van der Waals surface area contributed by atoms with E-state index in [2.05, 4.69) is 20.8 Å². The molecule has 2 saturated heterocycles. The second-order valence-electron chi connectivity index (χ2n) is 7.17. The molecule has 19 heavy (non-hydrogen) atoms. The van der Waals surface area contributed by atoms with Crippen LogP contribution in [0, 0.1) is 11.3 Å². The first-order valence-electron chi connectivity index (χ1n) is 7.09. The lowest BCUT2D eigenvalue weighted by Crippen LogP contribution is -2.51. The van der Waals surface area contributed by atoms with E-state index < -0.39 is 12.3 Å². The summed E-state index contributed by atoms with van der Waals surface area (Å²) in [5.41, 5.74) is 0.218. The molecular weight excluding hydrogens is 255 g/mol. The molecule has 112 valence electrons. The van der Waals surface area contributed by atoms with Gasteiger partial charge in [0.15, 0.2) is 6.10 Å². The van der Waals surface area contributed by atoms with Crippen LogP contribution in [0.3, 0.4) is 0 Å². The lowest BCUT2D eigenvalue weighted by atomic mass is 9.73. The maximum Gasteiger partial charge on any atom is 0.415 e. The zero-order valence-electron chi connectivity index (χ0n) is 11.9. The summed E-state index contributed by atoms with van der Waals surface area (Å²) in [6.07, 6.45) is -2.83. The standard InChI is InChI=1S/C14H24F3NO/c1-13(2,3)9-6-10-4-5-11(7-9)18(10)8-12(19)14(15,16)17/h9-12,19H,4-8H2,1-3H3/t9?,10-,11+,12?. The van der Waals surface area contributed by atoms with Crippen molar-refractivity contribution in [3.05, 3.63) is 0 Å². The van der Waals surface area contributed by atoms with Crippen molar-refractivity contribution >= 4 is 0 Å². The highest BCUT2D eigenvalue weighted by molar-refractivity contribution is 4.98. The molecule has 0 aromatic rings. The van der Waals surface area contributed by atoms with Crippen LogP contribution in [0.5, 0.6) is 0 Å². The van der Waals surface area contributed by atoms with E-state index >= 15 is 0 Å². The summed E-state index contributed by atoms with van der Waals surface area (Å²) in [5.74, 6) is 0.573. The van der Waals surface area contributed by atoms with E-state index in [0.717, 1.165) is 25.7 Å². The molecule has 2 bridgehead atoms. The molecule has 0 spiro atoms. The summed E-state index contributed by atoms with van der Waals surface area (Å²) in [5, 5.41) is 9.26. The number of nitrogens with zero attached hydrogens (tertiary/aromatic N) is 1. The van der Waals surface area contributed by atoms with E-state index in [0.29, 0.717) is 5.92 Å². The maximum absolute atomic E-state index is 12.5. The molecule has 4 atom stereocenters. The van der Waals surface area contributed by atoms with E-state index in [-0.39, 0.29) is 24.0 Å². The minimum atomic E-state index is -4.50. The SMILES string of the molecule is CC(C)(C)C1C[C@H]2CC[C@@H](C1)N2CC(O)C(F)(F)F. The molecule has 5 heteroatoms. The van der Waals surface area contributed by atoms with Crippen LogP contribution in [-0.4, -0.2) is 40.9 Å². The zero-order valence-corrected chi connectivity index (χ0v) is 11.9. The van der Waals surface area contributed by atoms with Gasteiger partial charge < -0.3 is 5.11 Å². The van der Waals surface area contributed by atoms with Gasteiger partial charge in [0.05, 0.1) is 0 Å². The minimum Gasteiger partial charge on any atom is -0.382 e. The predicted molar refractivity (Wildman–Crippen MR) is 67.8 cm³/mol. The fraction of sp³-hybridized carbons (Fsp3) is 1.00. The third kappa shape index (κ3) is 3.24. The van der Waals surface area contributed by atoms with Gasteiger partial charge in [-0.05, 0) is 37.0 Å². The van der Waals surface area contributed by atoms with Crippen LogP contribution in [0.4, 0.5) is 13.2 Å². The Balaban J connectivity index is 2.00. The van der Waals surface area contributed by atoms with Crippen molar-refractivity contribution in [3.8, 4) is 0 Å². The number of alkyl halides is 3. The quantitative estimate of drug-likeness (QED) is 0.839. The Morgan fingerprint density at radius 2 is 1.58 bits per heavy atom. The first kappa shape index (κ1) is 15.1. The molecule has 1 N–H and O–H groups in total. The van der Waals surface area contributed by atoms with Crippen LogP contribution in [0.1, 0.15) is 46.5 Å². The van der Waals surface area contributed by atoms with Crippen LogP contribution >= 0.6 is 0 Å². The fourth-order valence-electron chi connectivity index (χ4n) is 3.58. The first-order valence-corrected chi connectivity index (χ1v) is 7.09. The summed E-state index contributed by atoms with van der Waals surface area (Å²) in [7, 11) is 0. The van der Waals surface area contributed by atoms with Crippen LogP contribution in [0.15, 0.2) is 0 Å². The molecule has 0 amide bonds. The Morgan fingerprint density at radius 1 is 1.11 bits per heavy atom. The highest BCUT2D eigenvalue weighted by Gasteiger charge is 2.47. The monoisotopic (exact) mass is 279 g/mol. The third-order valence-corrected chi connectivity index (χ3v) is 4.87. The lowest BCUT2D eigenvalue weighted by Gasteiger charge is -2.44. The average molecular weight is 279 g/mol. The summed E-state index contributed by atoms with van der Waals surface area (Å²) < 4.78 is 37.4. The van der Waals surface area contributed by atoms with Crippen molar-refractivity contribution < 1.29 is 18.3 Å². The van der Waals surface area contributed by atoms with Gasteiger partial charge in [-0.25, -0.2) is 0 Å². The van der Waals surface area contributed by atoms with Gasteiger partial charge in [-0.1, -0.05) is 20.8 Å². The molecule has 0 radical (unpaired) electrons. The van der Waals surface area contributed by atoms with Crippen LogP contribution in [0.2, 0.25) is 0 Å². The van der Waals surface area contributed by atoms with Gasteiger partial charge in [-0.3, -0.25) is 4.90 Å². The molecule has 2 unspecified atom stereocenters. The normalized spacial score (nSPS) is 34.6. The van der Waals surface area contributed by atoms with E-state index in [1.54, 1.807) is 0 Å². The van der Waals surface area contributed by atoms with Crippen molar-refractivity contribution in [2.24, 2.45) is 11.3 Å². The number of aliphatic hydroxyl groups excluding tert-OH is 1. The van der Waals surface area contributed by atoms with E-state index in [1.165, 1.54) is 0 Å². The summed E-state index contributed by atoms with van der Waals surface area (Å²) >= 11 is 0. The second-order valence-corrected chi connectivity index (χ2v) is 7.17. The van der Waals surface area contributed by atoms with Gasteiger partial charge >= 0.3 is 6.18 Å². The Bertz CT molecular complexity index is 310. The summed E-state index contributed by atoms with van der Waals surface area (Å²) in [4.78, 5) is 1.90.